The van der Waals surface area contributed by atoms with Crippen LogP contribution in [0.5, 0.6) is 0 Å². The molecule has 0 saturated heterocycles. The molecule has 2 heterocycles. The number of aromatic nitrogens is 2. The summed E-state index contributed by atoms with van der Waals surface area (Å²) in [5.74, 6) is 0. The predicted octanol–water partition coefficient (Wildman–Crippen LogP) is 7.63. The summed E-state index contributed by atoms with van der Waals surface area (Å²) < 4.78 is 6.11. The van der Waals surface area contributed by atoms with Crippen LogP contribution in [-0.2, 0) is 6.42 Å². The van der Waals surface area contributed by atoms with Gasteiger partial charge < -0.3 is 5.32 Å². The van der Waals surface area contributed by atoms with Crippen LogP contribution in [0.4, 0.5) is 4.79 Å². The summed E-state index contributed by atoms with van der Waals surface area (Å²) in [6.07, 6.45) is 7.06. The summed E-state index contributed by atoms with van der Waals surface area (Å²) in [7, 11) is 0. The van der Waals surface area contributed by atoms with E-state index in [2.05, 4.69) is 57.6 Å². The third-order valence-corrected chi connectivity index (χ3v) is 8.50. The van der Waals surface area contributed by atoms with Gasteiger partial charge >= 0.3 is 6.03 Å². The lowest BCUT2D eigenvalue weighted by atomic mass is 9.92. The van der Waals surface area contributed by atoms with Crippen molar-refractivity contribution < 1.29 is 4.79 Å². The van der Waals surface area contributed by atoms with Crippen LogP contribution in [-0.4, -0.2) is 22.4 Å². The monoisotopic (exact) mass is 540 g/mol. The Bertz CT molecular complexity index is 1340. The zero-order valence-corrected chi connectivity index (χ0v) is 21.8. The lowest BCUT2D eigenvalue weighted by Crippen LogP contribution is -2.31. The molecule has 0 saturated carbocycles. The molecule has 0 radical (unpaired) electrons. The number of carbonyl (C=O) groups excluding carboxylic acids is 1. The number of fused-ring (bicyclic) bond motifs is 1. The number of halogens is 2. The number of nitrogens with zero attached hydrogens (tertiary/aromatic N) is 2. The molecule has 0 atom stereocenters. The average molecular weight is 542 g/mol. The van der Waals surface area contributed by atoms with Gasteiger partial charge in [-0.25, -0.2) is 9.48 Å². The molecule has 0 spiro atoms. The molecular weight excluding hydrogens is 519 g/mol. The van der Waals surface area contributed by atoms with Crippen molar-refractivity contribution in [2.24, 2.45) is 0 Å². The van der Waals surface area contributed by atoms with E-state index in [9.17, 15) is 4.79 Å². The van der Waals surface area contributed by atoms with Crippen LogP contribution >= 0.6 is 46.5 Å². The average Bonchev–Trinajstić information content (AvgIpc) is 3.46. The number of hydrogen-bond acceptors (Lipinski definition) is 4. The Morgan fingerprint density at radius 2 is 1.86 bits per heavy atom. The first-order valence-corrected chi connectivity index (χ1v) is 13.5. The van der Waals surface area contributed by atoms with Gasteiger partial charge in [-0.05, 0) is 71.7 Å². The highest BCUT2D eigenvalue weighted by atomic mass is 35.5. The van der Waals surface area contributed by atoms with Crippen molar-refractivity contribution in [3.63, 3.8) is 0 Å². The summed E-state index contributed by atoms with van der Waals surface area (Å²) in [6.45, 7) is 0.422. The first-order chi connectivity index (χ1) is 17.1. The topological polar surface area (TPSA) is 59.0 Å². The molecule has 2 aromatic heterocycles. The van der Waals surface area contributed by atoms with E-state index in [0.29, 0.717) is 15.9 Å². The SMILES string of the molecule is O=C(NC/C=C1\CCCc2cnn(-c3ccc(-c4ccccc4)cc3)c21)NSc1cc(Cl)c(Cl)s1. The second kappa shape index (κ2) is 10.9. The molecule has 0 fully saturated rings. The van der Waals surface area contributed by atoms with Gasteiger partial charge in [-0.15, -0.1) is 11.3 Å². The number of benzene rings is 2. The van der Waals surface area contributed by atoms with Gasteiger partial charge in [-0.1, -0.05) is 71.7 Å². The molecule has 35 heavy (non-hydrogen) atoms. The Hall–Kier alpha value is -2.71. The standard InChI is InChI=1S/C26H22Cl2N4OS2/c27-22-15-23(34-25(22)28)35-31-26(33)29-14-13-19-7-4-8-20-16-30-32(24(19)20)21-11-9-18(10-12-21)17-5-2-1-3-6-17/h1-3,5-6,9-13,15-16H,4,7-8,14H2,(H2,29,31,33)/b19-13+. The van der Waals surface area contributed by atoms with E-state index in [1.165, 1.54) is 45.5 Å². The highest BCUT2D eigenvalue weighted by molar-refractivity contribution is 7.99. The summed E-state index contributed by atoms with van der Waals surface area (Å²) in [6, 6.07) is 20.3. The van der Waals surface area contributed by atoms with E-state index >= 15 is 0 Å². The normalized spacial score (nSPS) is 14.1. The molecule has 2 aromatic carbocycles. The van der Waals surface area contributed by atoms with Crippen LogP contribution in [0, 0.1) is 0 Å². The Morgan fingerprint density at radius 3 is 2.60 bits per heavy atom. The maximum absolute atomic E-state index is 12.2. The summed E-state index contributed by atoms with van der Waals surface area (Å²) >= 11 is 14.4. The van der Waals surface area contributed by atoms with Gasteiger partial charge in [-0.3, -0.25) is 4.72 Å². The van der Waals surface area contributed by atoms with Gasteiger partial charge in [0.2, 0.25) is 0 Å². The second-order valence-corrected chi connectivity index (χ2v) is 11.2. The number of nitrogens with one attached hydrogen (secondary N) is 2. The van der Waals surface area contributed by atoms with Gasteiger partial charge in [-0.2, -0.15) is 5.10 Å². The highest BCUT2D eigenvalue weighted by Gasteiger charge is 2.20. The van der Waals surface area contributed by atoms with E-state index in [4.69, 9.17) is 23.2 Å². The molecule has 0 bridgehead atoms. The lowest BCUT2D eigenvalue weighted by Gasteiger charge is -2.18. The summed E-state index contributed by atoms with van der Waals surface area (Å²) in [5.41, 5.74) is 6.94. The quantitative estimate of drug-likeness (QED) is 0.247. The molecule has 1 aliphatic rings. The van der Waals surface area contributed by atoms with E-state index in [1.54, 1.807) is 6.07 Å². The Morgan fingerprint density at radius 1 is 1.09 bits per heavy atom. The highest BCUT2D eigenvalue weighted by Crippen LogP contribution is 2.36. The molecule has 178 valence electrons. The number of allylic oxidation sites excluding steroid dienone is 1. The number of amides is 2. The maximum atomic E-state index is 12.2. The largest absolute Gasteiger partial charge is 0.334 e. The van der Waals surface area contributed by atoms with E-state index in [-0.39, 0.29) is 6.03 Å². The third-order valence-electron chi connectivity index (χ3n) is 5.74. The summed E-state index contributed by atoms with van der Waals surface area (Å²) in [4.78, 5) is 12.2. The molecule has 1 aliphatic carbocycles. The smallest absolute Gasteiger partial charge is 0.325 e. The van der Waals surface area contributed by atoms with Crippen LogP contribution in [0.1, 0.15) is 24.1 Å². The number of aryl methyl sites for hydroxylation is 1. The fourth-order valence-electron chi connectivity index (χ4n) is 4.09. The zero-order chi connectivity index (χ0) is 24.2. The van der Waals surface area contributed by atoms with E-state index in [0.717, 1.165) is 34.9 Å². The van der Waals surface area contributed by atoms with E-state index < -0.39 is 0 Å². The fraction of sp³-hybridized carbons (Fsp3) is 0.154. The van der Waals surface area contributed by atoms with Gasteiger partial charge in [0.05, 0.1) is 26.8 Å². The molecule has 2 N–H and O–H groups in total. The number of urea groups is 1. The summed E-state index contributed by atoms with van der Waals surface area (Å²) in [5, 5.41) is 8.07. The minimum Gasteiger partial charge on any atom is -0.334 e. The first-order valence-electron chi connectivity index (χ1n) is 11.2. The van der Waals surface area contributed by atoms with Crippen molar-refractivity contribution in [3.8, 4) is 16.8 Å². The fourth-order valence-corrected chi connectivity index (χ4v) is 6.38. The third kappa shape index (κ3) is 5.59. The second-order valence-electron chi connectivity index (χ2n) is 8.03. The van der Waals surface area contributed by atoms with Gasteiger partial charge in [0.15, 0.2) is 0 Å². The predicted molar refractivity (Wildman–Crippen MR) is 147 cm³/mol. The number of rotatable bonds is 6. The molecular formula is C26H22Cl2N4OS2. The molecule has 0 aliphatic heterocycles. The van der Waals surface area contributed by atoms with Gasteiger partial charge in [0.25, 0.3) is 0 Å². The van der Waals surface area contributed by atoms with Crippen LogP contribution in [0.3, 0.4) is 0 Å². The van der Waals surface area contributed by atoms with Crippen molar-refractivity contribution in [1.82, 2.24) is 19.8 Å². The first kappa shape index (κ1) is 24.0. The number of carbonyl (C=O) groups is 1. The van der Waals surface area contributed by atoms with Crippen molar-refractivity contribution >= 4 is 58.1 Å². The van der Waals surface area contributed by atoms with Gasteiger partial charge in [0.1, 0.15) is 4.34 Å². The van der Waals surface area contributed by atoms with Crippen molar-refractivity contribution in [1.29, 1.82) is 0 Å². The minimum absolute atomic E-state index is 0.270. The molecule has 2 amide bonds. The lowest BCUT2D eigenvalue weighted by molar-refractivity contribution is 0.247. The molecule has 5 rings (SSSR count). The van der Waals surface area contributed by atoms with Crippen LogP contribution < -0.4 is 10.0 Å². The van der Waals surface area contributed by atoms with Crippen molar-refractivity contribution in [2.75, 3.05) is 6.54 Å². The molecule has 4 aromatic rings. The van der Waals surface area contributed by atoms with Crippen molar-refractivity contribution in [2.45, 2.75) is 23.5 Å². The molecule has 5 nitrogen and oxygen atoms in total. The number of thiophene rings is 1. The van der Waals surface area contributed by atoms with Gasteiger partial charge in [0, 0.05) is 6.54 Å². The molecule has 0 unspecified atom stereocenters. The Balaban J connectivity index is 1.26. The zero-order valence-electron chi connectivity index (χ0n) is 18.6. The van der Waals surface area contributed by atoms with Crippen LogP contribution in [0.2, 0.25) is 9.36 Å². The van der Waals surface area contributed by atoms with Crippen LogP contribution in [0.15, 0.2) is 77.1 Å². The maximum Gasteiger partial charge on any atom is 0.325 e. The Kier molecular flexibility index (Phi) is 7.48. The Labute approximate surface area is 222 Å². The van der Waals surface area contributed by atoms with Crippen LogP contribution in [0.25, 0.3) is 22.4 Å². The van der Waals surface area contributed by atoms with E-state index in [1.807, 2.05) is 29.1 Å². The van der Waals surface area contributed by atoms with Crippen molar-refractivity contribution in [3.05, 3.63) is 93.6 Å². The minimum atomic E-state index is -0.270. The number of hydrogen-bond donors (Lipinski definition) is 2. The molecule has 9 heteroatoms.